The van der Waals surface area contributed by atoms with Crippen LogP contribution in [0, 0.1) is 5.82 Å². The monoisotopic (exact) mass is 274 g/mol. The molecule has 1 heterocycles. The van der Waals surface area contributed by atoms with Gasteiger partial charge in [-0.3, -0.25) is 4.79 Å². The molecular formula is C14H15FN4O. The average molecular weight is 274 g/mol. The molecule has 0 radical (unpaired) electrons. The number of hydrogen-bond donors (Lipinski definition) is 2. The second kappa shape index (κ2) is 6.60. The molecule has 1 amide bonds. The second-order valence-electron chi connectivity index (χ2n) is 4.18. The molecule has 0 aliphatic heterocycles. The molecule has 0 saturated heterocycles. The minimum atomic E-state index is -0.308. The van der Waals surface area contributed by atoms with E-state index in [9.17, 15) is 9.18 Å². The summed E-state index contributed by atoms with van der Waals surface area (Å²) in [7, 11) is 0. The van der Waals surface area contributed by atoms with Crippen molar-refractivity contribution in [3.8, 4) is 0 Å². The van der Waals surface area contributed by atoms with E-state index >= 15 is 0 Å². The van der Waals surface area contributed by atoms with Crippen LogP contribution in [0.4, 0.5) is 15.9 Å². The standard InChI is InChI=1S/C14H15FN4O/c1-2-7-16-14(20)12-8-13(18-9-17-12)19-11-5-3-10(15)4-6-11/h3-6,8-9H,2,7H2,1H3,(H,16,20)(H,17,18,19). The fourth-order valence-corrected chi connectivity index (χ4v) is 1.56. The fourth-order valence-electron chi connectivity index (χ4n) is 1.56. The van der Waals surface area contributed by atoms with E-state index in [0.29, 0.717) is 18.1 Å². The highest BCUT2D eigenvalue weighted by molar-refractivity contribution is 5.92. The number of amides is 1. The zero-order valence-electron chi connectivity index (χ0n) is 11.1. The Balaban J connectivity index is 2.09. The van der Waals surface area contributed by atoms with Crippen molar-refractivity contribution in [2.45, 2.75) is 13.3 Å². The number of aromatic nitrogens is 2. The van der Waals surface area contributed by atoms with Gasteiger partial charge in [-0.1, -0.05) is 6.92 Å². The van der Waals surface area contributed by atoms with Crippen molar-refractivity contribution in [2.75, 3.05) is 11.9 Å². The molecule has 0 fully saturated rings. The Hall–Kier alpha value is -2.50. The van der Waals surface area contributed by atoms with Crippen molar-refractivity contribution in [3.63, 3.8) is 0 Å². The molecular weight excluding hydrogens is 259 g/mol. The van der Waals surface area contributed by atoms with Crippen molar-refractivity contribution < 1.29 is 9.18 Å². The summed E-state index contributed by atoms with van der Waals surface area (Å²) in [4.78, 5) is 19.7. The van der Waals surface area contributed by atoms with Crippen molar-refractivity contribution in [3.05, 3.63) is 48.2 Å². The lowest BCUT2D eigenvalue weighted by atomic mass is 10.3. The van der Waals surface area contributed by atoms with Crippen molar-refractivity contribution in [2.24, 2.45) is 0 Å². The van der Waals surface area contributed by atoms with Crippen LogP contribution in [0.5, 0.6) is 0 Å². The highest BCUT2D eigenvalue weighted by Gasteiger charge is 2.07. The Kier molecular flexibility index (Phi) is 4.60. The minimum Gasteiger partial charge on any atom is -0.351 e. The number of carbonyl (C=O) groups excluding carboxylic acids is 1. The predicted molar refractivity (Wildman–Crippen MR) is 74.3 cm³/mol. The van der Waals surface area contributed by atoms with E-state index in [1.54, 1.807) is 18.2 Å². The van der Waals surface area contributed by atoms with Gasteiger partial charge in [0.15, 0.2) is 0 Å². The highest BCUT2D eigenvalue weighted by Crippen LogP contribution is 2.14. The normalized spacial score (nSPS) is 10.1. The van der Waals surface area contributed by atoms with E-state index in [1.165, 1.54) is 18.5 Å². The number of anilines is 2. The average Bonchev–Trinajstić information content (AvgIpc) is 2.47. The van der Waals surface area contributed by atoms with E-state index in [4.69, 9.17) is 0 Å². The Morgan fingerprint density at radius 1 is 1.25 bits per heavy atom. The Labute approximate surface area is 116 Å². The molecule has 2 rings (SSSR count). The minimum absolute atomic E-state index is 0.239. The number of halogens is 1. The molecule has 0 spiro atoms. The molecule has 6 heteroatoms. The van der Waals surface area contributed by atoms with Crippen LogP contribution in [0.2, 0.25) is 0 Å². The number of nitrogens with zero attached hydrogens (tertiary/aromatic N) is 2. The van der Waals surface area contributed by atoms with Crippen LogP contribution < -0.4 is 10.6 Å². The SMILES string of the molecule is CCCNC(=O)c1cc(Nc2ccc(F)cc2)ncn1. The van der Waals surface area contributed by atoms with Gasteiger partial charge in [0.25, 0.3) is 5.91 Å². The summed E-state index contributed by atoms with van der Waals surface area (Å²) < 4.78 is 12.8. The largest absolute Gasteiger partial charge is 0.351 e. The summed E-state index contributed by atoms with van der Waals surface area (Å²) in [5, 5.41) is 5.73. The topological polar surface area (TPSA) is 66.9 Å². The molecule has 2 aromatic rings. The number of hydrogen-bond acceptors (Lipinski definition) is 4. The summed E-state index contributed by atoms with van der Waals surface area (Å²) in [5.74, 6) is -0.0671. The number of nitrogens with one attached hydrogen (secondary N) is 2. The maximum Gasteiger partial charge on any atom is 0.270 e. The molecule has 1 aromatic carbocycles. The molecule has 0 aliphatic rings. The first-order valence-electron chi connectivity index (χ1n) is 6.32. The van der Waals surface area contributed by atoms with E-state index in [2.05, 4.69) is 20.6 Å². The summed E-state index contributed by atoms with van der Waals surface area (Å²) >= 11 is 0. The molecule has 0 bridgehead atoms. The van der Waals surface area contributed by atoms with E-state index in [1.807, 2.05) is 6.92 Å². The lowest BCUT2D eigenvalue weighted by Crippen LogP contribution is -2.25. The van der Waals surface area contributed by atoms with Gasteiger partial charge in [-0.05, 0) is 30.7 Å². The van der Waals surface area contributed by atoms with Crippen LogP contribution >= 0.6 is 0 Å². The zero-order chi connectivity index (χ0) is 14.4. The first kappa shape index (κ1) is 13.9. The first-order chi connectivity index (χ1) is 9.69. The molecule has 2 N–H and O–H groups in total. The van der Waals surface area contributed by atoms with Crippen LogP contribution in [0.15, 0.2) is 36.7 Å². The molecule has 104 valence electrons. The summed E-state index contributed by atoms with van der Waals surface area (Å²) in [6.45, 7) is 2.57. The zero-order valence-corrected chi connectivity index (χ0v) is 11.1. The summed E-state index contributed by atoms with van der Waals surface area (Å²) in [5.41, 5.74) is 0.975. The molecule has 20 heavy (non-hydrogen) atoms. The van der Waals surface area contributed by atoms with Crippen LogP contribution in [0.3, 0.4) is 0 Å². The van der Waals surface area contributed by atoms with Gasteiger partial charge in [-0.15, -0.1) is 0 Å². The lowest BCUT2D eigenvalue weighted by Gasteiger charge is -2.07. The van der Waals surface area contributed by atoms with Crippen molar-refractivity contribution in [1.29, 1.82) is 0 Å². The second-order valence-corrected chi connectivity index (χ2v) is 4.18. The van der Waals surface area contributed by atoms with Gasteiger partial charge in [-0.25, -0.2) is 14.4 Å². The highest BCUT2D eigenvalue weighted by atomic mass is 19.1. The van der Waals surface area contributed by atoms with E-state index in [-0.39, 0.29) is 17.4 Å². The Morgan fingerprint density at radius 3 is 2.70 bits per heavy atom. The smallest absolute Gasteiger partial charge is 0.270 e. The maximum absolute atomic E-state index is 12.8. The third kappa shape index (κ3) is 3.74. The van der Waals surface area contributed by atoms with Gasteiger partial charge in [0, 0.05) is 18.3 Å². The van der Waals surface area contributed by atoms with Gasteiger partial charge < -0.3 is 10.6 Å². The third-order valence-corrected chi connectivity index (χ3v) is 2.55. The van der Waals surface area contributed by atoms with E-state index < -0.39 is 0 Å². The van der Waals surface area contributed by atoms with Crippen LogP contribution in [-0.2, 0) is 0 Å². The number of benzene rings is 1. The van der Waals surface area contributed by atoms with Gasteiger partial charge in [0.2, 0.25) is 0 Å². The summed E-state index contributed by atoms with van der Waals surface area (Å²) in [6, 6.07) is 7.42. The molecule has 5 nitrogen and oxygen atoms in total. The molecule has 0 aliphatic carbocycles. The Bertz CT molecular complexity index is 586. The quantitative estimate of drug-likeness (QED) is 0.879. The molecule has 0 atom stereocenters. The maximum atomic E-state index is 12.8. The third-order valence-electron chi connectivity index (χ3n) is 2.55. The first-order valence-corrected chi connectivity index (χ1v) is 6.32. The molecule has 0 unspecified atom stereocenters. The van der Waals surface area contributed by atoms with Crippen molar-refractivity contribution >= 4 is 17.4 Å². The lowest BCUT2D eigenvalue weighted by molar-refractivity contribution is 0.0948. The predicted octanol–water partition coefficient (Wildman–Crippen LogP) is 2.50. The van der Waals surface area contributed by atoms with E-state index in [0.717, 1.165) is 6.42 Å². The van der Waals surface area contributed by atoms with Crippen molar-refractivity contribution in [1.82, 2.24) is 15.3 Å². The molecule has 1 aromatic heterocycles. The van der Waals surface area contributed by atoms with Gasteiger partial charge in [0.1, 0.15) is 23.7 Å². The van der Waals surface area contributed by atoms with Gasteiger partial charge >= 0.3 is 0 Å². The number of rotatable bonds is 5. The molecule has 0 saturated carbocycles. The van der Waals surface area contributed by atoms with Gasteiger partial charge in [0.05, 0.1) is 0 Å². The summed E-state index contributed by atoms with van der Waals surface area (Å²) in [6.07, 6.45) is 2.17. The van der Waals surface area contributed by atoms with Crippen LogP contribution in [-0.4, -0.2) is 22.4 Å². The number of carbonyl (C=O) groups is 1. The fraction of sp³-hybridized carbons (Fsp3) is 0.214. The van der Waals surface area contributed by atoms with Crippen LogP contribution in [0.1, 0.15) is 23.8 Å². The van der Waals surface area contributed by atoms with Crippen LogP contribution in [0.25, 0.3) is 0 Å². The van der Waals surface area contributed by atoms with Gasteiger partial charge in [-0.2, -0.15) is 0 Å². The Morgan fingerprint density at radius 2 is 2.00 bits per heavy atom.